The van der Waals surface area contributed by atoms with Crippen molar-refractivity contribution in [1.82, 2.24) is 29.9 Å². The van der Waals surface area contributed by atoms with E-state index in [1.165, 1.54) is 0 Å². The van der Waals surface area contributed by atoms with Gasteiger partial charge in [0.1, 0.15) is 23.1 Å². The van der Waals surface area contributed by atoms with Crippen molar-refractivity contribution in [2.24, 2.45) is 0 Å². The summed E-state index contributed by atoms with van der Waals surface area (Å²) in [4.78, 5) is 24.1. The van der Waals surface area contributed by atoms with Crippen LogP contribution in [0.25, 0.3) is 21.8 Å². The first-order chi connectivity index (χ1) is 26.6. The first-order valence-electron chi connectivity index (χ1n) is 16.9. The quantitative estimate of drug-likeness (QED) is 0.0694. The molecule has 0 aliphatic rings. The highest BCUT2D eigenvalue weighted by Crippen LogP contribution is 2.26. The largest absolute Gasteiger partial charge is 0.508 e. The molecule has 8 rings (SSSR count). The Labute approximate surface area is 343 Å². The van der Waals surface area contributed by atoms with Crippen molar-refractivity contribution >= 4 is 119 Å². The van der Waals surface area contributed by atoms with Crippen LogP contribution in [0.5, 0.6) is 11.5 Å². The molecule has 0 spiro atoms. The van der Waals surface area contributed by atoms with Gasteiger partial charge in [-0.15, -0.1) is 47.3 Å². The molecule has 7 N–H and O–H groups in total. The maximum atomic E-state index is 9.53. The summed E-state index contributed by atoms with van der Waals surface area (Å²) in [6.07, 6.45) is 3.40. The van der Waals surface area contributed by atoms with Gasteiger partial charge in [0.25, 0.3) is 0 Å². The Hall–Kier alpha value is -5.58. The van der Waals surface area contributed by atoms with E-state index in [1.54, 1.807) is 43.8 Å². The Morgan fingerprint density at radius 2 is 1.05 bits per heavy atom. The Morgan fingerprint density at radius 3 is 1.55 bits per heavy atom. The summed E-state index contributed by atoms with van der Waals surface area (Å²) in [6, 6.07) is 34.6. The lowest BCUT2D eigenvalue weighted by Gasteiger charge is -2.09. The zero-order chi connectivity index (χ0) is 38.7. The van der Waals surface area contributed by atoms with Crippen LogP contribution in [0.15, 0.2) is 122 Å². The van der Waals surface area contributed by atoms with Crippen molar-refractivity contribution in [3.05, 3.63) is 133 Å². The van der Waals surface area contributed by atoms with Gasteiger partial charge in [0, 0.05) is 80.5 Å². The lowest BCUT2D eigenvalue weighted by molar-refractivity contribution is 0.415. The van der Waals surface area contributed by atoms with Crippen LogP contribution in [0.1, 0.15) is 11.4 Å². The number of aromatic hydroxyl groups is 1. The normalized spacial score (nSPS) is 10.4. The lowest BCUT2D eigenvalue weighted by atomic mass is 10.2. The van der Waals surface area contributed by atoms with E-state index in [9.17, 15) is 5.11 Å². The van der Waals surface area contributed by atoms with E-state index in [4.69, 9.17) is 4.74 Å². The molecule has 16 heteroatoms. The van der Waals surface area contributed by atoms with Crippen LogP contribution in [0.2, 0.25) is 0 Å². The standard InChI is InChI=1S/C20H19N5O.C19H17N5O.BBr3/c1-13-10-14-11-16(6-7-18(14)22-13)23-19-8-9-21-20(25-19)24-15-4-3-5-17(12-15)26-2;1-12-9-13-10-15(5-6-17(13)21-12)22-18-7-8-20-19(24-18)23-14-3-2-4-16(25)11-14;2-1(3)4/h3-12,22H,1-2H3,(H2,21,23,24,25);2-11,21,25H,1H3,(H2,20,22,23,24);. The summed E-state index contributed by atoms with van der Waals surface area (Å²) in [6.45, 7) is 4.09. The van der Waals surface area contributed by atoms with Crippen LogP contribution in [0.4, 0.5) is 46.3 Å². The Kier molecular flexibility index (Phi) is 13.3. The van der Waals surface area contributed by atoms with Gasteiger partial charge in [0.05, 0.1) is 7.11 Å². The topological polar surface area (TPSA) is 161 Å². The van der Waals surface area contributed by atoms with Crippen LogP contribution in [-0.2, 0) is 0 Å². The van der Waals surface area contributed by atoms with E-state index in [2.05, 4.69) is 129 Å². The van der Waals surface area contributed by atoms with Crippen LogP contribution >= 0.6 is 47.3 Å². The molecule has 0 radical (unpaired) electrons. The first kappa shape index (κ1) is 39.1. The average Bonchev–Trinajstić information content (AvgIpc) is 3.72. The molecule has 0 atom stereocenters. The number of nitrogens with zero attached hydrogens (tertiary/aromatic N) is 4. The highest BCUT2D eigenvalue weighted by Gasteiger charge is 2.06. The van der Waals surface area contributed by atoms with E-state index in [0.717, 1.165) is 67.5 Å². The number of nitrogens with one attached hydrogen (secondary N) is 6. The molecular weight excluding hydrogens is 891 g/mol. The minimum Gasteiger partial charge on any atom is -0.508 e. The van der Waals surface area contributed by atoms with Crippen LogP contribution < -0.4 is 26.0 Å². The summed E-state index contributed by atoms with van der Waals surface area (Å²) < 4.78 is 5.51. The van der Waals surface area contributed by atoms with Crippen molar-refractivity contribution in [2.75, 3.05) is 28.4 Å². The third-order valence-corrected chi connectivity index (χ3v) is 7.79. The average molecular weight is 927 g/mol. The number of ether oxygens (including phenoxy) is 1. The minimum absolute atomic E-state index is 0.189. The minimum atomic E-state index is 0.189. The number of aromatic amines is 2. The summed E-state index contributed by atoms with van der Waals surface area (Å²) in [7, 11) is 1.64. The van der Waals surface area contributed by atoms with Gasteiger partial charge in [0.2, 0.25) is 11.9 Å². The Morgan fingerprint density at radius 1 is 0.582 bits per heavy atom. The number of aromatic nitrogens is 6. The van der Waals surface area contributed by atoms with Crippen molar-refractivity contribution < 1.29 is 9.84 Å². The van der Waals surface area contributed by atoms with Gasteiger partial charge in [-0.1, -0.05) is 12.1 Å². The van der Waals surface area contributed by atoms with Crippen LogP contribution in [0, 0.1) is 13.8 Å². The molecule has 12 nitrogen and oxygen atoms in total. The van der Waals surface area contributed by atoms with Crippen molar-refractivity contribution in [3.8, 4) is 11.5 Å². The molecule has 55 heavy (non-hydrogen) atoms. The molecule has 0 amide bonds. The number of phenolic OH excluding ortho intramolecular Hbond substituents is 1. The number of phenols is 1. The number of hydrogen-bond donors (Lipinski definition) is 7. The van der Waals surface area contributed by atoms with E-state index in [1.807, 2.05) is 68.4 Å². The molecule has 0 saturated carbocycles. The maximum absolute atomic E-state index is 9.53. The molecule has 0 bridgehead atoms. The van der Waals surface area contributed by atoms with Crippen molar-refractivity contribution in [2.45, 2.75) is 13.8 Å². The highest BCUT2D eigenvalue weighted by molar-refractivity contribution is 9.69. The number of fused-ring (bicyclic) bond motifs is 2. The number of halogens is 3. The van der Waals surface area contributed by atoms with E-state index >= 15 is 0 Å². The predicted octanol–water partition coefficient (Wildman–Crippen LogP) is 11.4. The fourth-order valence-electron chi connectivity index (χ4n) is 5.53. The second-order valence-corrected chi connectivity index (χ2v) is 18.5. The number of rotatable bonds is 9. The number of anilines is 8. The number of aryl methyl sites for hydroxylation is 2. The molecule has 4 aromatic carbocycles. The molecule has 0 unspecified atom stereocenters. The zero-order valence-electron chi connectivity index (χ0n) is 29.9. The lowest BCUT2D eigenvalue weighted by Crippen LogP contribution is -2.00. The molecule has 0 aliphatic heterocycles. The fourth-order valence-corrected chi connectivity index (χ4v) is 5.53. The third kappa shape index (κ3) is 11.7. The monoisotopic (exact) mass is 924 g/mol. The number of H-pyrrole nitrogens is 2. The van der Waals surface area contributed by atoms with Crippen LogP contribution in [0.3, 0.4) is 0 Å². The van der Waals surface area contributed by atoms with E-state index in [0.29, 0.717) is 17.7 Å². The SMILES string of the molecule is BrB(Br)Br.COc1cccc(Nc2nccc(Nc3ccc4[nH]c(C)cc4c3)n2)c1.Cc1cc2cc(Nc3ccnc(Nc4cccc(O)c4)n3)ccc2[nH]1. The predicted molar refractivity (Wildman–Crippen MR) is 237 cm³/mol. The molecule has 8 aromatic rings. The number of hydrogen-bond acceptors (Lipinski definition) is 10. The summed E-state index contributed by atoms with van der Waals surface area (Å²) in [5.74, 6) is 3.34. The van der Waals surface area contributed by atoms with Gasteiger partial charge in [-0.3, -0.25) is 0 Å². The fraction of sp³-hybridized carbons (Fsp3) is 0.0769. The highest BCUT2D eigenvalue weighted by atomic mass is 79.9. The molecule has 278 valence electrons. The Bertz CT molecular complexity index is 2510. The summed E-state index contributed by atoms with van der Waals surface area (Å²) in [5, 5.41) is 24.7. The van der Waals surface area contributed by atoms with Crippen LogP contribution in [-0.4, -0.2) is 45.3 Å². The molecule has 0 aliphatic carbocycles. The van der Waals surface area contributed by atoms with Crippen molar-refractivity contribution in [1.29, 1.82) is 0 Å². The summed E-state index contributed by atoms with van der Waals surface area (Å²) in [5.41, 5.74) is 8.02. The number of methoxy groups -OCH3 is 1. The maximum Gasteiger partial charge on any atom is 0.369 e. The number of benzene rings is 4. The zero-order valence-corrected chi connectivity index (χ0v) is 34.7. The Balaban J connectivity index is 0.000000171. The van der Waals surface area contributed by atoms with Crippen molar-refractivity contribution in [3.63, 3.8) is 0 Å². The smallest absolute Gasteiger partial charge is 0.369 e. The van der Waals surface area contributed by atoms with Gasteiger partial charge in [-0.05, 0) is 98.8 Å². The molecule has 4 aromatic heterocycles. The molecule has 0 saturated heterocycles. The molecular formula is C39H36BBr3N10O2. The second-order valence-electron chi connectivity index (χ2n) is 12.1. The van der Waals surface area contributed by atoms with Gasteiger partial charge in [-0.25, -0.2) is 9.97 Å². The van der Waals surface area contributed by atoms with E-state index in [-0.39, 0.29) is 8.93 Å². The van der Waals surface area contributed by atoms with Gasteiger partial charge < -0.3 is 41.1 Å². The van der Waals surface area contributed by atoms with Gasteiger partial charge in [0.15, 0.2) is 0 Å². The van der Waals surface area contributed by atoms with Gasteiger partial charge in [-0.2, -0.15) is 9.97 Å². The summed E-state index contributed by atoms with van der Waals surface area (Å²) >= 11 is 9.31. The first-order valence-corrected chi connectivity index (χ1v) is 19.6. The molecule has 0 fully saturated rings. The van der Waals surface area contributed by atoms with E-state index < -0.39 is 0 Å². The third-order valence-electron chi connectivity index (χ3n) is 7.79. The second kappa shape index (κ2) is 18.6. The molecule has 4 heterocycles. The van der Waals surface area contributed by atoms with Gasteiger partial charge >= 0.3 is 3.18 Å².